The summed E-state index contributed by atoms with van der Waals surface area (Å²) in [5.74, 6) is 5.99. The highest BCUT2D eigenvalue weighted by Crippen LogP contribution is 2.27. The molecule has 0 aromatic carbocycles. The van der Waals surface area contributed by atoms with Crippen LogP contribution >= 0.6 is 0 Å². The number of hydrogen-bond donors (Lipinski definition) is 1. The van der Waals surface area contributed by atoms with Gasteiger partial charge in [0.2, 0.25) is 5.91 Å². The van der Waals surface area contributed by atoms with Gasteiger partial charge in [-0.3, -0.25) is 9.80 Å². The minimum absolute atomic E-state index is 0.148. The predicted octanol–water partition coefficient (Wildman–Crippen LogP) is 1.29. The first kappa shape index (κ1) is 9.52. The minimum Gasteiger partial charge on any atom is -0.280 e. The summed E-state index contributed by atoms with van der Waals surface area (Å²) in [6, 6.07) is 0. The van der Waals surface area contributed by atoms with E-state index in [1.165, 1.54) is 11.4 Å². The van der Waals surface area contributed by atoms with Gasteiger partial charge in [-0.25, -0.2) is 5.84 Å². The Morgan fingerprint density at radius 3 is 2.67 bits per heavy atom. The molecular weight excluding hydrogens is 152 g/mol. The maximum Gasteiger partial charge on any atom is 0.239 e. The quantitative estimate of drug-likeness (QED) is 0.392. The lowest BCUT2D eigenvalue weighted by molar-refractivity contribution is -0.138. The fourth-order valence-corrected chi connectivity index (χ4v) is 1.33. The molecule has 3 nitrogen and oxygen atoms in total. The van der Waals surface area contributed by atoms with Crippen LogP contribution in [0.1, 0.15) is 39.0 Å². The average Bonchev–Trinajstić information content (AvgIpc) is 1.96. The molecule has 1 saturated carbocycles. The monoisotopic (exact) mass is 170 g/mol. The number of amides is 1. The topological polar surface area (TPSA) is 46.3 Å². The predicted molar refractivity (Wildman–Crippen MR) is 48.1 cm³/mol. The second-order valence-corrected chi connectivity index (χ2v) is 3.51. The third-order valence-electron chi connectivity index (χ3n) is 2.49. The maximum atomic E-state index is 11.4. The lowest BCUT2D eigenvalue weighted by atomic mass is 9.84. The van der Waals surface area contributed by atoms with Crippen molar-refractivity contribution in [3.63, 3.8) is 0 Å². The average molecular weight is 170 g/mol. The zero-order valence-corrected chi connectivity index (χ0v) is 7.75. The van der Waals surface area contributed by atoms with Gasteiger partial charge in [-0.2, -0.15) is 0 Å². The van der Waals surface area contributed by atoms with Crippen molar-refractivity contribution < 1.29 is 4.79 Å². The van der Waals surface area contributed by atoms with Gasteiger partial charge in [0.05, 0.1) is 0 Å². The van der Waals surface area contributed by atoms with Gasteiger partial charge in [0.15, 0.2) is 0 Å². The lowest BCUT2D eigenvalue weighted by Crippen LogP contribution is -2.43. The van der Waals surface area contributed by atoms with E-state index >= 15 is 0 Å². The van der Waals surface area contributed by atoms with Crippen molar-refractivity contribution in [2.75, 3.05) is 6.54 Å². The van der Waals surface area contributed by atoms with Gasteiger partial charge in [-0.15, -0.1) is 0 Å². The largest absolute Gasteiger partial charge is 0.280 e. The first-order valence-electron chi connectivity index (χ1n) is 4.81. The fourth-order valence-electron chi connectivity index (χ4n) is 1.33. The van der Waals surface area contributed by atoms with Crippen LogP contribution in [0.5, 0.6) is 0 Å². The summed E-state index contributed by atoms with van der Waals surface area (Å²) < 4.78 is 0. The molecule has 1 aliphatic carbocycles. The summed E-state index contributed by atoms with van der Waals surface area (Å²) in [6.45, 7) is 2.81. The molecule has 0 bridgehead atoms. The van der Waals surface area contributed by atoms with Gasteiger partial charge in [-0.1, -0.05) is 19.8 Å². The van der Waals surface area contributed by atoms with Crippen LogP contribution in [0.25, 0.3) is 0 Å². The maximum absolute atomic E-state index is 11.4. The van der Waals surface area contributed by atoms with Crippen molar-refractivity contribution in [1.82, 2.24) is 5.01 Å². The third-order valence-corrected chi connectivity index (χ3v) is 2.49. The molecule has 0 radical (unpaired) electrons. The van der Waals surface area contributed by atoms with Gasteiger partial charge in [0.1, 0.15) is 0 Å². The zero-order valence-electron chi connectivity index (χ0n) is 7.75. The zero-order chi connectivity index (χ0) is 8.97. The van der Waals surface area contributed by atoms with Gasteiger partial charge in [0.25, 0.3) is 0 Å². The molecule has 70 valence electrons. The van der Waals surface area contributed by atoms with Crippen molar-refractivity contribution in [2.24, 2.45) is 11.8 Å². The number of carbonyl (C=O) groups excluding carboxylic acids is 1. The summed E-state index contributed by atoms with van der Waals surface area (Å²) in [6.07, 6.45) is 5.37. The second kappa shape index (κ2) is 4.45. The molecule has 3 heteroatoms. The summed E-state index contributed by atoms with van der Waals surface area (Å²) in [4.78, 5) is 11.4. The van der Waals surface area contributed by atoms with E-state index in [0.29, 0.717) is 6.54 Å². The molecule has 0 unspecified atom stereocenters. The molecule has 0 aromatic heterocycles. The second-order valence-electron chi connectivity index (χ2n) is 3.51. The molecule has 1 rings (SSSR count). The highest BCUT2D eigenvalue weighted by atomic mass is 16.2. The van der Waals surface area contributed by atoms with Crippen LogP contribution in [0.15, 0.2) is 0 Å². The smallest absolute Gasteiger partial charge is 0.239 e. The number of nitrogens with zero attached hydrogens (tertiary/aromatic N) is 1. The van der Waals surface area contributed by atoms with E-state index in [2.05, 4.69) is 6.92 Å². The molecule has 1 fully saturated rings. The summed E-state index contributed by atoms with van der Waals surface area (Å²) in [5.41, 5.74) is 0. The van der Waals surface area contributed by atoms with Crippen molar-refractivity contribution in [1.29, 1.82) is 0 Å². The molecule has 0 atom stereocenters. The van der Waals surface area contributed by atoms with Crippen molar-refractivity contribution in [3.05, 3.63) is 0 Å². The number of unbranched alkanes of at least 4 members (excludes halogenated alkanes) is 1. The Labute approximate surface area is 73.9 Å². The lowest BCUT2D eigenvalue weighted by Gasteiger charge is -2.28. The summed E-state index contributed by atoms with van der Waals surface area (Å²) in [7, 11) is 0. The molecule has 2 N–H and O–H groups in total. The minimum atomic E-state index is 0.148. The number of rotatable bonds is 4. The van der Waals surface area contributed by atoms with Crippen molar-refractivity contribution in [3.8, 4) is 0 Å². The van der Waals surface area contributed by atoms with Crippen LogP contribution in [-0.4, -0.2) is 17.5 Å². The Kier molecular flexibility index (Phi) is 3.53. The first-order valence-corrected chi connectivity index (χ1v) is 4.81. The molecule has 0 saturated heterocycles. The Balaban J connectivity index is 2.20. The summed E-state index contributed by atoms with van der Waals surface area (Å²) >= 11 is 0. The number of hydrogen-bond acceptors (Lipinski definition) is 2. The van der Waals surface area contributed by atoms with Crippen LogP contribution < -0.4 is 5.84 Å². The standard InChI is InChI=1S/C9H18N2O/c1-2-3-7-11(10)9(12)8-5-4-6-8/h8H,2-7,10H2,1H3. The number of nitrogens with two attached hydrogens (primary N) is 1. The van der Waals surface area contributed by atoms with E-state index in [9.17, 15) is 4.79 Å². The fraction of sp³-hybridized carbons (Fsp3) is 0.889. The van der Waals surface area contributed by atoms with E-state index < -0.39 is 0 Å². The van der Waals surface area contributed by atoms with Crippen LogP contribution in [0, 0.1) is 5.92 Å². The van der Waals surface area contributed by atoms with Gasteiger partial charge in [0, 0.05) is 12.5 Å². The molecule has 0 aromatic rings. The molecular formula is C9H18N2O. The molecule has 1 aliphatic rings. The van der Waals surface area contributed by atoms with E-state index in [0.717, 1.165) is 25.7 Å². The van der Waals surface area contributed by atoms with Crippen LogP contribution in [0.4, 0.5) is 0 Å². The SMILES string of the molecule is CCCCN(N)C(=O)C1CCC1. The number of carbonyl (C=O) groups is 1. The first-order chi connectivity index (χ1) is 5.75. The Bertz CT molecular complexity index is 155. The molecule has 12 heavy (non-hydrogen) atoms. The highest BCUT2D eigenvalue weighted by molar-refractivity contribution is 5.78. The third kappa shape index (κ3) is 2.21. The van der Waals surface area contributed by atoms with E-state index in [1.54, 1.807) is 0 Å². The van der Waals surface area contributed by atoms with E-state index in [-0.39, 0.29) is 11.8 Å². The number of hydrazine groups is 1. The molecule has 0 heterocycles. The van der Waals surface area contributed by atoms with Crippen LogP contribution in [0.2, 0.25) is 0 Å². The molecule has 1 amide bonds. The van der Waals surface area contributed by atoms with Gasteiger partial charge < -0.3 is 0 Å². The van der Waals surface area contributed by atoms with Gasteiger partial charge in [-0.05, 0) is 19.3 Å². The van der Waals surface area contributed by atoms with E-state index in [4.69, 9.17) is 5.84 Å². The van der Waals surface area contributed by atoms with Gasteiger partial charge >= 0.3 is 0 Å². The highest BCUT2D eigenvalue weighted by Gasteiger charge is 2.27. The van der Waals surface area contributed by atoms with E-state index in [1.807, 2.05) is 0 Å². The Morgan fingerprint density at radius 2 is 2.25 bits per heavy atom. The van der Waals surface area contributed by atoms with Crippen molar-refractivity contribution in [2.45, 2.75) is 39.0 Å². The molecule has 0 aliphatic heterocycles. The Hall–Kier alpha value is -0.570. The van der Waals surface area contributed by atoms with Crippen LogP contribution in [-0.2, 0) is 4.79 Å². The van der Waals surface area contributed by atoms with Crippen molar-refractivity contribution >= 4 is 5.91 Å². The normalized spacial score (nSPS) is 17.2. The Morgan fingerprint density at radius 1 is 1.58 bits per heavy atom. The van der Waals surface area contributed by atoms with Crippen LogP contribution in [0.3, 0.4) is 0 Å². The summed E-state index contributed by atoms with van der Waals surface area (Å²) in [5, 5.41) is 1.40. The molecule has 0 spiro atoms.